The Morgan fingerprint density at radius 1 is 0.241 bits per heavy atom. The number of aryl methyl sites for hydroxylation is 6. The van der Waals surface area contributed by atoms with Gasteiger partial charge in [0.1, 0.15) is 0 Å². The highest BCUT2D eigenvalue weighted by Crippen LogP contribution is 2.51. The zero-order valence-corrected chi connectivity index (χ0v) is 64.9. The summed E-state index contributed by atoms with van der Waals surface area (Å²) in [7, 11) is 0. The van der Waals surface area contributed by atoms with E-state index in [1.54, 1.807) is 0 Å². The zero-order valence-electron chi connectivity index (χ0n) is 64.9. The van der Waals surface area contributed by atoms with Crippen LogP contribution < -0.4 is 9.80 Å². The molecule has 0 spiro atoms. The summed E-state index contributed by atoms with van der Waals surface area (Å²) in [4.78, 5) is 5.11. The van der Waals surface area contributed by atoms with Crippen LogP contribution in [0.5, 0.6) is 0 Å². The normalized spacial score (nSPS) is 16.3. The van der Waals surface area contributed by atoms with Gasteiger partial charge < -0.3 is 9.80 Å². The first-order valence-corrected chi connectivity index (χ1v) is 41.2. The second-order valence-corrected chi connectivity index (χ2v) is 32.5. The molecule has 12 aromatic carbocycles. The van der Waals surface area contributed by atoms with E-state index < -0.39 is 0 Å². The molecule has 12 aromatic rings. The Labute approximate surface area is 645 Å². The van der Waals surface area contributed by atoms with Gasteiger partial charge in [0.15, 0.2) is 0 Å². The lowest BCUT2D eigenvalue weighted by Crippen LogP contribution is -2.13. The van der Waals surface area contributed by atoms with Crippen molar-refractivity contribution in [2.75, 3.05) is 9.80 Å². The maximum absolute atomic E-state index is 2.55. The molecule has 0 saturated heterocycles. The fourth-order valence-corrected chi connectivity index (χ4v) is 18.8. The third kappa shape index (κ3) is 16.0. The van der Waals surface area contributed by atoms with Crippen LogP contribution in [-0.2, 0) is 0 Å². The second-order valence-electron chi connectivity index (χ2n) is 32.5. The van der Waals surface area contributed by atoms with Crippen LogP contribution >= 0.6 is 0 Å². The van der Waals surface area contributed by atoms with Crippen LogP contribution in [0.2, 0.25) is 0 Å². The molecule has 0 bridgehead atoms. The Hall–Kier alpha value is -10.3. The average Bonchev–Trinajstić information content (AvgIpc) is 0.732. The first-order chi connectivity index (χ1) is 53.0. The number of rotatable bonds is 19. The molecule has 0 atom stereocenters. The van der Waals surface area contributed by atoms with Crippen LogP contribution in [0.4, 0.5) is 34.1 Å². The highest BCUT2D eigenvalue weighted by Gasteiger charge is 2.28. The van der Waals surface area contributed by atoms with Crippen molar-refractivity contribution in [1.82, 2.24) is 0 Å². The lowest BCUT2D eigenvalue weighted by molar-refractivity contribution is 0.430. The Morgan fingerprint density at radius 2 is 0.454 bits per heavy atom. The monoisotopic (exact) mass is 1410 g/mol. The minimum atomic E-state index is 0.558. The van der Waals surface area contributed by atoms with Gasteiger partial charge in [-0.1, -0.05) is 318 Å². The smallest absolute Gasteiger partial charge is 0.0569 e. The first kappa shape index (κ1) is 71.9. The van der Waals surface area contributed by atoms with Gasteiger partial charge in [0, 0.05) is 33.5 Å². The topological polar surface area (TPSA) is 6.48 Å². The van der Waals surface area contributed by atoms with E-state index in [1.165, 1.54) is 273 Å². The highest BCUT2D eigenvalue weighted by molar-refractivity contribution is 6.14. The molecule has 542 valence electrons. The third-order valence-electron chi connectivity index (χ3n) is 24.8. The van der Waals surface area contributed by atoms with Crippen LogP contribution in [0.1, 0.15) is 206 Å². The third-order valence-corrected chi connectivity index (χ3v) is 24.8. The van der Waals surface area contributed by atoms with E-state index in [-0.39, 0.29) is 0 Å². The van der Waals surface area contributed by atoms with Crippen molar-refractivity contribution in [1.29, 1.82) is 0 Å². The molecule has 0 aliphatic heterocycles. The van der Waals surface area contributed by atoms with Crippen molar-refractivity contribution in [3.8, 4) is 11.1 Å². The van der Waals surface area contributed by atoms with Crippen molar-refractivity contribution in [2.24, 2.45) is 23.7 Å². The number of hydrogen-bond donors (Lipinski definition) is 0. The summed E-state index contributed by atoms with van der Waals surface area (Å²) in [6.07, 6.45) is 35.7. The summed E-state index contributed by atoms with van der Waals surface area (Å²) in [6.45, 7) is 13.5. The van der Waals surface area contributed by atoms with Gasteiger partial charge in [-0.15, -0.1) is 0 Å². The van der Waals surface area contributed by atoms with E-state index in [0.29, 0.717) is 23.7 Å². The van der Waals surface area contributed by atoms with Gasteiger partial charge in [-0.25, -0.2) is 0 Å². The van der Waals surface area contributed by atoms with E-state index in [1.807, 2.05) is 0 Å². The number of hydrogen-bond acceptors (Lipinski definition) is 2. The van der Waals surface area contributed by atoms with Crippen LogP contribution in [-0.4, -0.2) is 0 Å². The fourth-order valence-electron chi connectivity index (χ4n) is 18.8. The van der Waals surface area contributed by atoms with Crippen LogP contribution in [0.25, 0.3) is 79.3 Å². The summed E-state index contributed by atoms with van der Waals surface area (Å²) >= 11 is 0. The molecule has 4 aliphatic rings. The Bertz CT molecular complexity index is 4640. The molecule has 0 heterocycles. The molecular weight excluding hydrogens is 1300 g/mol. The Balaban J connectivity index is 0.823. The molecule has 0 radical (unpaired) electrons. The molecule has 2 heteroatoms. The Kier molecular flexibility index (Phi) is 22.0. The molecule has 0 N–H and O–H groups in total. The van der Waals surface area contributed by atoms with Gasteiger partial charge in [0.05, 0.1) is 11.4 Å². The van der Waals surface area contributed by atoms with Crippen molar-refractivity contribution < 1.29 is 0 Å². The van der Waals surface area contributed by atoms with E-state index >= 15 is 0 Å². The maximum Gasteiger partial charge on any atom is 0.0569 e. The molecule has 4 aliphatic carbocycles. The summed E-state index contributed by atoms with van der Waals surface area (Å²) < 4.78 is 0. The average molecular weight is 1410 g/mol. The molecule has 4 fully saturated rings. The SMILES string of the molecule is Cc1ccc(/C(=C/c2ccc(N(c3ccc(/C=C(/c4ccc(C)cc4)C4CCCCC4)cc3)c3c(C)cc(-c4cc(C)c(N(c5ccc(/C=C(/c6ccc(C)cc6)C6CCCCC6)cc5)c5ccc(/C=C(/c6ccc(C)cc6)C6CCCCC6)cc5)c5ccccc45)c4ccccc34)cc2)C2CCCCC2)cc1. The van der Waals surface area contributed by atoms with E-state index in [2.05, 4.69) is 330 Å². The summed E-state index contributed by atoms with van der Waals surface area (Å²) in [5.41, 5.74) is 33.3. The van der Waals surface area contributed by atoms with Gasteiger partial charge in [0.25, 0.3) is 0 Å². The number of anilines is 6. The fraction of sp³-hybridized carbons (Fsp3) is 0.283. The van der Waals surface area contributed by atoms with Crippen LogP contribution in [0.15, 0.2) is 255 Å². The molecule has 2 nitrogen and oxygen atoms in total. The minimum absolute atomic E-state index is 0.558. The van der Waals surface area contributed by atoms with E-state index in [9.17, 15) is 0 Å². The van der Waals surface area contributed by atoms with Gasteiger partial charge in [-0.3, -0.25) is 0 Å². The van der Waals surface area contributed by atoms with Gasteiger partial charge in [-0.2, -0.15) is 0 Å². The molecule has 108 heavy (non-hydrogen) atoms. The van der Waals surface area contributed by atoms with Crippen molar-refractivity contribution in [3.63, 3.8) is 0 Å². The van der Waals surface area contributed by atoms with E-state index in [0.717, 1.165) is 22.7 Å². The lowest BCUT2D eigenvalue weighted by Gasteiger charge is -2.31. The summed E-state index contributed by atoms with van der Waals surface area (Å²) in [5, 5.41) is 4.89. The van der Waals surface area contributed by atoms with Gasteiger partial charge >= 0.3 is 0 Å². The number of fused-ring (bicyclic) bond motifs is 2. The van der Waals surface area contributed by atoms with Crippen molar-refractivity contribution in [3.05, 3.63) is 333 Å². The van der Waals surface area contributed by atoms with Crippen molar-refractivity contribution >= 4 is 102 Å². The largest absolute Gasteiger partial charge is 0.310 e. The number of nitrogens with zero attached hydrogens (tertiary/aromatic N) is 2. The molecule has 0 unspecified atom stereocenters. The minimum Gasteiger partial charge on any atom is -0.310 e. The first-order valence-electron chi connectivity index (χ1n) is 41.2. The summed E-state index contributed by atoms with van der Waals surface area (Å²) in [6, 6.07) is 98.6. The van der Waals surface area contributed by atoms with Crippen molar-refractivity contribution in [2.45, 2.75) is 170 Å². The predicted molar refractivity (Wildman–Crippen MR) is 468 cm³/mol. The highest BCUT2D eigenvalue weighted by atomic mass is 15.2. The molecule has 16 rings (SSSR count). The number of allylic oxidation sites excluding steroid dienone is 4. The van der Waals surface area contributed by atoms with E-state index in [4.69, 9.17) is 0 Å². The van der Waals surface area contributed by atoms with Crippen LogP contribution in [0.3, 0.4) is 0 Å². The molecular formula is C106H108N2. The Morgan fingerprint density at radius 3 is 0.676 bits per heavy atom. The maximum atomic E-state index is 2.55. The van der Waals surface area contributed by atoms with Gasteiger partial charge in [0.2, 0.25) is 0 Å². The predicted octanol–water partition coefficient (Wildman–Crippen LogP) is 30.9. The number of benzene rings is 12. The standard InChI is InChI=1S/C106H108N2/c1-73-35-51-87(52-36-73)99(83-23-11-7-12-24-83)69-79-43-59-91(60-44-79)107(92-61-45-80(46-62-92)70-100(84-25-13-8-14-26-84)88-53-37-74(2)38-54-88)105-77(5)67-103(95-31-19-21-33-97(95)105)104-68-78(6)106(98-34-22-20-32-96(98)104)108(93-63-47-81(48-64-93)71-101(85-27-15-9-16-28-85)89-55-39-75(3)40-56-89)94-65-49-82(50-66-94)72-102(86-29-17-10-18-30-86)90-57-41-76(4)42-58-90/h19-22,31-72,83-86H,7-18,23-30H2,1-6H3/b99-69+,100-70+,101-71+,102-72+. The molecule has 4 saturated carbocycles. The molecule has 0 amide bonds. The van der Waals surface area contributed by atoms with Crippen LogP contribution in [0, 0.1) is 65.2 Å². The quantitative estimate of drug-likeness (QED) is 0.0745. The zero-order chi connectivity index (χ0) is 73.5. The summed E-state index contributed by atoms with van der Waals surface area (Å²) in [5.74, 6) is 2.23. The lowest BCUT2D eigenvalue weighted by atomic mass is 9.80. The second kappa shape index (κ2) is 33.1. The van der Waals surface area contributed by atoms with Gasteiger partial charge in [-0.05, 0) is 277 Å². The molecule has 0 aromatic heterocycles.